The van der Waals surface area contributed by atoms with Gasteiger partial charge in [-0.1, -0.05) is 52.0 Å². The Balaban J connectivity index is 1.20. The Morgan fingerprint density at radius 1 is 1.23 bits per heavy atom. The third-order valence-corrected chi connectivity index (χ3v) is 8.90. The topological polar surface area (TPSA) is 49.4 Å². The average Bonchev–Trinajstić information content (AvgIpc) is 2.91. The Hall–Kier alpha value is -1.18. The van der Waals surface area contributed by atoms with E-state index in [1.807, 2.05) is 30.3 Å². The number of carbonyl (C=O) groups excluding carboxylic acids is 2. The summed E-state index contributed by atoms with van der Waals surface area (Å²) in [6.07, 6.45) is 9.66. The zero-order chi connectivity index (χ0) is 20.9. The first kappa shape index (κ1) is 20.7. The van der Waals surface area contributed by atoms with Crippen molar-refractivity contribution in [3.63, 3.8) is 0 Å². The highest BCUT2D eigenvalue weighted by Crippen LogP contribution is 2.55. The molecule has 1 aromatic carbocycles. The van der Waals surface area contributed by atoms with Gasteiger partial charge in [-0.25, -0.2) is 0 Å². The number of thioether (sulfide) groups is 1. The van der Waals surface area contributed by atoms with Crippen molar-refractivity contribution in [1.82, 2.24) is 10.2 Å². The first-order valence-electron chi connectivity index (χ1n) is 10.7. The number of rotatable bonds is 5. The van der Waals surface area contributed by atoms with Gasteiger partial charge in [0.1, 0.15) is 4.32 Å². The standard InChI is InChI=1S/C23H25BrN2O2S2/c24-18-3-1-2-14(9-18)10-19-21(28)26(22(29)30-19)5-4-20(27)25-23-11-15-6-16(12-23)8-17(7-15)13-23/h1-3,9-10,15-17H,4-8,11-13H2,(H,25,27)/b19-10-. The zero-order valence-electron chi connectivity index (χ0n) is 16.7. The fourth-order valence-corrected chi connectivity index (χ4v) is 8.00. The van der Waals surface area contributed by atoms with E-state index in [2.05, 4.69) is 21.2 Å². The third-order valence-electron chi connectivity index (χ3n) is 7.03. The summed E-state index contributed by atoms with van der Waals surface area (Å²) in [5.41, 5.74) is 0.964. The molecular formula is C23H25BrN2O2S2. The highest BCUT2D eigenvalue weighted by atomic mass is 79.9. The fourth-order valence-electron chi connectivity index (χ4n) is 6.28. The molecule has 5 aliphatic rings. The van der Waals surface area contributed by atoms with E-state index in [1.165, 1.54) is 31.0 Å². The van der Waals surface area contributed by atoms with Gasteiger partial charge in [0.05, 0.1) is 4.91 Å². The highest BCUT2D eigenvalue weighted by Gasteiger charge is 2.51. The predicted octanol–water partition coefficient (Wildman–Crippen LogP) is 5.13. The van der Waals surface area contributed by atoms with E-state index >= 15 is 0 Å². The molecule has 1 aromatic rings. The Morgan fingerprint density at radius 2 is 1.90 bits per heavy atom. The number of nitrogens with one attached hydrogen (secondary N) is 1. The van der Waals surface area contributed by atoms with Gasteiger partial charge >= 0.3 is 0 Å². The molecule has 6 rings (SSSR count). The average molecular weight is 506 g/mol. The summed E-state index contributed by atoms with van der Waals surface area (Å²) >= 11 is 10.2. The van der Waals surface area contributed by atoms with E-state index in [4.69, 9.17) is 12.2 Å². The van der Waals surface area contributed by atoms with Crippen LogP contribution in [0.3, 0.4) is 0 Å². The normalized spacial score (nSPS) is 33.6. The monoisotopic (exact) mass is 504 g/mol. The van der Waals surface area contributed by atoms with E-state index in [9.17, 15) is 9.59 Å². The molecule has 0 unspecified atom stereocenters. The van der Waals surface area contributed by atoms with Crippen LogP contribution in [-0.4, -0.2) is 33.1 Å². The van der Waals surface area contributed by atoms with Crippen molar-refractivity contribution in [2.75, 3.05) is 6.54 Å². The van der Waals surface area contributed by atoms with Crippen LogP contribution in [0.15, 0.2) is 33.6 Å². The van der Waals surface area contributed by atoms with Gasteiger partial charge in [-0.15, -0.1) is 0 Å². The summed E-state index contributed by atoms with van der Waals surface area (Å²) in [6.45, 7) is 0.346. The van der Waals surface area contributed by atoms with Crippen LogP contribution >= 0.6 is 39.9 Å². The molecule has 2 amide bonds. The van der Waals surface area contributed by atoms with E-state index in [0.717, 1.165) is 47.1 Å². The van der Waals surface area contributed by atoms with Crippen molar-refractivity contribution in [1.29, 1.82) is 0 Å². The molecule has 0 aromatic heterocycles. The minimum atomic E-state index is -0.104. The number of hydrogen-bond acceptors (Lipinski definition) is 4. The number of carbonyl (C=O) groups is 2. The summed E-state index contributed by atoms with van der Waals surface area (Å²) in [7, 11) is 0. The second-order valence-electron chi connectivity index (χ2n) is 9.38. The second-order valence-corrected chi connectivity index (χ2v) is 12.0. The lowest BCUT2D eigenvalue weighted by Gasteiger charge is -2.57. The SMILES string of the molecule is O=C(CCN1C(=O)/C(=C/c2cccc(Br)c2)SC1=S)NC12CC3CC(CC(C3)C1)C2. The zero-order valence-corrected chi connectivity index (χ0v) is 20.0. The molecule has 0 atom stereocenters. The summed E-state index contributed by atoms with van der Waals surface area (Å²) in [5.74, 6) is 2.35. The van der Waals surface area contributed by atoms with Gasteiger partial charge in [0, 0.05) is 23.0 Å². The Labute approximate surface area is 195 Å². The largest absolute Gasteiger partial charge is 0.351 e. The van der Waals surface area contributed by atoms with E-state index in [-0.39, 0.29) is 17.4 Å². The van der Waals surface area contributed by atoms with Crippen LogP contribution in [0.2, 0.25) is 0 Å². The fraction of sp³-hybridized carbons (Fsp3) is 0.522. The molecule has 158 valence electrons. The molecule has 4 bridgehead atoms. The molecule has 1 heterocycles. The number of amides is 2. The number of halogens is 1. The molecule has 4 nitrogen and oxygen atoms in total. The van der Waals surface area contributed by atoms with Crippen molar-refractivity contribution < 1.29 is 9.59 Å². The number of thiocarbonyl (C=S) groups is 1. The van der Waals surface area contributed by atoms with Crippen molar-refractivity contribution in [3.8, 4) is 0 Å². The lowest BCUT2D eigenvalue weighted by atomic mass is 9.53. The Bertz CT molecular complexity index is 910. The van der Waals surface area contributed by atoms with Gasteiger partial charge < -0.3 is 5.32 Å². The third kappa shape index (κ3) is 4.13. The number of benzene rings is 1. The van der Waals surface area contributed by atoms with E-state index in [1.54, 1.807) is 4.90 Å². The minimum absolute atomic E-state index is 0.0157. The summed E-state index contributed by atoms with van der Waals surface area (Å²) in [6, 6.07) is 7.80. The summed E-state index contributed by atoms with van der Waals surface area (Å²) < 4.78 is 1.50. The lowest BCUT2D eigenvalue weighted by Crippen LogP contribution is -2.60. The van der Waals surface area contributed by atoms with Crippen LogP contribution in [0.4, 0.5) is 0 Å². The molecule has 7 heteroatoms. The molecule has 0 radical (unpaired) electrons. The van der Waals surface area contributed by atoms with Crippen molar-refractivity contribution in [2.24, 2.45) is 17.8 Å². The molecule has 0 spiro atoms. The quantitative estimate of drug-likeness (QED) is 0.446. The van der Waals surface area contributed by atoms with Crippen molar-refractivity contribution in [2.45, 2.75) is 50.5 Å². The van der Waals surface area contributed by atoms with Crippen LogP contribution in [0, 0.1) is 17.8 Å². The Kier molecular flexibility index (Phi) is 5.57. The molecule has 1 aliphatic heterocycles. The molecule has 30 heavy (non-hydrogen) atoms. The molecular weight excluding hydrogens is 480 g/mol. The molecule has 4 saturated carbocycles. The van der Waals surface area contributed by atoms with E-state index in [0.29, 0.717) is 22.2 Å². The predicted molar refractivity (Wildman–Crippen MR) is 128 cm³/mol. The molecule has 4 aliphatic carbocycles. The minimum Gasteiger partial charge on any atom is -0.351 e. The maximum absolute atomic E-state index is 12.8. The highest BCUT2D eigenvalue weighted by molar-refractivity contribution is 9.10. The lowest BCUT2D eigenvalue weighted by molar-refractivity contribution is -0.127. The van der Waals surface area contributed by atoms with Gasteiger partial charge in [-0.05, 0) is 80.1 Å². The van der Waals surface area contributed by atoms with Gasteiger partial charge in [0.15, 0.2) is 0 Å². The van der Waals surface area contributed by atoms with Crippen LogP contribution in [0.1, 0.15) is 50.5 Å². The maximum Gasteiger partial charge on any atom is 0.266 e. The Morgan fingerprint density at radius 3 is 2.53 bits per heavy atom. The smallest absolute Gasteiger partial charge is 0.266 e. The summed E-state index contributed by atoms with van der Waals surface area (Å²) in [4.78, 5) is 27.8. The van der Waals surface area contributed by atoms with Gasteiger partial charge in [0.2, 0.25) is 5.91 Å². The number of nitrogens with zero attached hydrogens (tertiary/aromatic N) is 1. The van der Waals surface area contributed by atoms with Crippen molar-refractivity contribution >= 4 is 62.1 Å². The molecule has 1 N–H and O–H groups in total. The molecule has 1 saturated heterocycles. The first-order chi connectivity index (χ1) is 14.4. The van der Waals surface area contributed by atoms with Gasteiger partial charge in [0.25, 0.3) is 5.91 Å². The van der Waals surface area contributed by atoms with Crippen LogP contribution < -0.4 is 5.32 Å². The molecule has 5 fully saturated rings. The van der Waals surface area contributed by atoms with Gasteiger partial charge in [-0.2, -0.15) is 0 Å². The van der Waals surface area contributed by atoms with E-state index < -0.39 is 0 Å². The number of hydrogen-bond donors (Lipinski definition) is 1. The van der Waals surface area contributed by atoms with Crippen molar-refractivity contribution in [3.05, 3.63) is 39.2 Å². The summed E-state index contributed by atoms with van der Waals surface area (Å²) in [5, 5.41) is 3.39. The maximum atomic E-state index is 12.8. The van der Waals surface area contributed by atoms with Gasteiger partial charge in [-0.3, -0.25) is 14.5 Å². The second kappa shape index (κ2) is 8.06. The first-order valence-corrected chi connectivity index (χ1v) is 12.7. The van der Waals surface area contributed by atoms with Crippen LogP contribution in [0.5, 0.6) is 0 Å². The van der Waals surface area contributed by atoms with Crippen LogP contribution in [-0.2, 0) is 9.59 Å². The van der Waals surface area contributed by atoms with Crippen LogP contribution in [0.25, 0.3) is 6.08 Å².